The van der Waals surface area contributed by atoms with Gasteiger partial charge in [-0.3, -0.25) is 9.59 Å². The second-order valence-corrected chi connectivity index (χ2v) is 5.02. The molecule has 0 aliphatic carbocycles. The van der Waals surface area contributed by atoms with Gasteiger partial charge in [0.2, 0.25) is 0 Å². The maximum absolute atomic E-state index is 11.8. The van der Waals surface area contributed by atoms with E-state index in [1.807, 2.05) is 52.0 Å². The summed E-state index contributed by atoms with van der Waals surface area (Å²) in [5.74, 6) is 0.369. The van der Waals surface area contributed by atoms with E-state index in [-0.39, 0.29) is 23.4 Å². The first-order chi connectivity index (χ1) is 7.91. The van der Waals surface area contributed by atoms with Crippen molar-refractivity contribution in [3.8, 4) is 0 Å². The second-order valence-electron chi connectivity index (χ2n) is 5.02. The maximum Gasteiger partial charge on any atom is 0.165 e. The Labute approximate surface area is 103 Å². The molecular formula is C15H20O2. The minimum Gasteiger partial charge on any atom is -0.299 e. The van der Waals surface area contributed by atoms with E-state index >= 15 is 0 Å². The lowest BCUT2D eigenvalue weighted by molar-refractivity contribution is -0.121. The van der Waals surface area contributed by atoms with Crippen LogP contribution < -0.4 is 0 Å². The molecule has 0 aliphatic rings. The van der Waals surface area contributed by atoms with Crippen LogP contribution in [0.15, 0.2) is 24.3 Å². The third-order valence-corrected chi connectivity index (χ3v) is 2.76. The summed E-state index contributed by atoms with van der Waals surface area (Å²) in [6.45, 7) is 7.56. The molecule has 0 N–H and O–H groups in total. The molecule has 1 rings (SSSR count). The van der Waals surface area contributed by atoms with E-state index in [1.165, 1.54) is 0 Å². The zero-order valence-electron chi connectivity index (χ0n) is 11.0. The zero-order valence-corrected chi connectivity index (χ0v) is 11.0. The minimum absolute atomic E-state index is 0.00829. The number of Topliss-reactive ketones (excluding diaryl/α,β-unsaturated/α-hetero) is 2. The molecule has 2 heteroatoms. The first-order valence-electron chi connectivity index (χ1n) is 6.07. The largest absolute Gasteiger partial charge is 0.299 e. The Bertz CT molecular complexity index is 417. The topological polar surface area (TPSA) is 34.1 Å². The Morgan fingerprint density at radius 3 is 2.24 bits per heavy atom. The van der Waals surface area contributed by atoms with Crippen LogP contribution in [-0.4, -0.2) is 11.6 Å². The van der Waals surface area contributed by atoms with Gasteiger partial charge < -0.3 is 0 Å². The van der Waals surface area contributed by atoms with Crippen molar-refractivity contribution in [2.24, 2.45) is 11.8 Å². The Kier molecular flexibility index (Phi) is 4.62. The van der Waals surface area contributed by atoms with E-state index in [0.29, 0.717) is 12.0 Å². The van der Waals surface area contributed by atoms with Gasteiger partial charge in [-0.15, -0.1) is 0 Å². The monoisotopic (exact) mass is 232 g/mol. The fourth-order valence-electron chi connectivity index (χ4n) is 1.57. The number of rotatable bonds is 5. The summed E-state index contributed by atoms with van der Waals surface area (Å²) in [6, 6.07) is 7.39. The van der Waals surface area contributed by atoms with Crippen LogP contribution in [0.2, 0.25) is 0 Å². The highest BCUT2D eigenvalue weighted by atomic mass is 16.1. The smallest absolute Gasteiger partial charge is 0.165 e. The molecule has 0 aromatic heterocycles. The van der Waals surface area contributed by atoms with Crippen LogP contribution in [-0.2, 0) is 11.2 Å². The molecule has 0 saturated carbocycles. The van der Waals surface area contributed by atoms with Crippen molar-refractivity contribution in [3.05, 3.63) is 35.4 Å². The molecule has 0 bridgehead atoms. The van der Waals surface area contributed by atoms with Crippen molar-refractivity contribution in [1.82, 2.24) is 0 Å². The molecule has 0 unspecified atom stereocenters. The van der Waals surface area contributed by atoms with Gasteiger partial charge in [0, 0.05) is 23.8 Å². The molecule has 92 valence electrons. The van der Waals surface area contributed by atoms with Crippen LogP contribution in [0.4, 0.5) is 0 Å². The van der Waals surface area contributed by atoms with Crippen LogP contribution in [0.25, 0.3) is 0 Å². The Morgan fingerprint density at radius 1 is 1.06 bits per heavy atom. The molecule has 1 aromatic rings. The van der Waals surface area contributed by atoms with Gasteiger partial charge >= 0.3 is 0 Å². The van der Waals surface area contributed by atoms with Crippen LogP contribution in [0.1, 0.15) is 43.6 Å². The van der Waals surface area contributed by atoms with E-state index in [9.17, 15) is 9.59 Å². The van der Waals surface area contributed by atoms with Crippen LogP contribution in [0, 0.1) is 11.8 Å². The SMILES string of the molecule is CC(C)C(=O)Cc1cccc(C(=O)C(C)C)c1. The van der Waals surface area contributed by atoms with Crippen molar-refractivity contribution in [2.45, 2.75) is 34.1 Å². The predicted molar refractivity (Wildman–Crippen MR) is 69.2 cm³/mol. The fourth-order valence-corrected chi connectivity index (χ4v) is 1.57. The molecule has 0 fully saturated rings. The molecule has 0 saturated heterocycles. The fraction of sp³-hybridized carbons (Fsp3) is 0.467. The quantitative estimate of drug-likeness (QED) is 0.730. The van der Waals surface area contributed by atoms with E-state index in [4.69, 9.17) is 0 Å². The van der Waals surface area contributed by atoms with Gasteiger partial charge in [-0.05, 0) is 11.6 Å². The third-order valence-electron chi connectivity index (χ3n) is 2.76. The molecular weight excluding hydrogens is 212 g/mol. The highest BCUT2D eigenvalue weighted by molar-refractivity contribution is 5.97. The lowest BCUT2D eigenvalue weighted by Crippen LogP contribution is -2.12. The molecule has 0 amide bonds. The van der Waals surface area contributed by atoms with Crippen LogP contribution >= 0.6 is 0 Å². The number of carbonyl (C=O) groups excluding carboxylic acids is 2. The van der Waals surface area contributed by atoms with Gasteiger partial charge in [0.25, 0.3) is 0 Å². The van der Waals surface area contributed by atoms with E-state index in [1.54, 1.807) is 0 Å². The summed E-state index contributed by atoms with van der Waals surface area (Å²) in [7, 11) is 0. The normalized spacial score (nSPS) is 10.9. The maximum atomic E-state index is 11.8. The lowest BCUT2D eigenvalue weighted by atomic mass is 9.96. The first kappa shape index (κ1) is 13.6. The number of carbonyl (C=O) groups is 2. The van der Waals surface area contributed by atoms with Gasteiger partial charge in [-0.25, -0.2) is 0 Å². The summed E-state index contributed by atoms with van der Waals surface area (Å²) < 4.78 is 0. The Morgan fingerprint density at radius 2 is 1.71 bits per heavy atom. The number of hydrogen-bond acceptors (Lipinski definition) is 2. The van der Waals surface area contributed by atoms with Gasteiger partial charge in [-0.1, -0.05) is 45.9 Å². The van der Waals surface area contributed by atoms with E-state index in [2.05, 4.69) is 0 Å². The summed E-state index contributed by atoms with van der Waals surface area (Å²) in [5.41, 5.74) is 1.63. The van der Waals surface area contributed by atoms with Crippen molar-refractivity contribution >= 4 is 11.6 Å². The lowest BCUT2D eigenvalue weighted by Gasteiger charge is -2.07. The summed E-state index contributed by atoms with van der Waals surface area (Å²) in [4.78, 5) is 23.5. The summed E-state index contributed by atoms with van der Waals surface area (Å²) >= 11 is 0. The highest BCUT2D eigenvalue weighted by Crippen LogP contribution is 2.12. The molecule has 0 radical (unpaired) electrons. The van der Waals surface area contributed by atoms with Gasteiger partial charge in [0.1, 0.15) is 5.78 Å². The van der Waals surface area contributed by atoms with Crippen molar-refractivity contribution in [1.29, 1.82) is 0 Å². The van der Waals surface area contributed by atoms with Gasteiger partial charge in [0.15, 0.2) is 5.78 Å². The predicted octanol–water partition coefficient (Wildman–Crippen LogP) is 3.29. The zero-order chi connectivity index (χ0) is 13.0. The molecule has 0 atom stereocenters. The average Bonchev–Trinajstić information content (AvgIpc) is 2.28. The average molecular weight is 232 g/mol. The number of hydrogen-bond donors (Lipinski definition) is 0. The van der Waals surface area contributed by atoms with Crippen molar-refractivity contribution in [2.75, 3.05) is 0 Å². The number of ketones is 2. The first-order valence-corrected chi connectivity index (χ1v) is 6.07. The summed E-state index contributed by atoms with van der Waals surface area (Å²) in [6.07, 6.45) is 0.414. The second kappa shape index (κ2) is 5.76. The Hall–Kier alpha value is -1.44. The van der Waals surface area contributed by atoms with Crippen molar-refractivity contribution < 1.29 is 9.59 Å². The van der Waals surface area contributed by atoms with E-state index < -0.39 is 0 Å². The molecule has 1 aromatic carbocycles. The standard InChI is InChI=1S/C15H20O2/c1-10(2)14(16)9-12-6-5-7-13(8-12)15(17)11(3)4/h5-8,10-11H,9H2,1-4H3. The molecule has 17 heavy (non-hydrogen) atoms. The minimum atomic E-state index is -0.00829. The van der Waals surface area contributed by atoms with Gasteiger partial charge in [-0.2, -0.15) is 0 Å². The Balaban J connectivity index is 2.86. The molecule has 0 spiro atoms. The van der Waals surface area contributed by atoms with E-state index in [0.717, 1.165) is 5.56 Å². The number of benzene rings is 1. The third kappa shape index (κ3) is 3.81. The molecule has 2 nitrogen and oxygen atoms in total. The highest BCUT2D eigenvalue weighted by Gasteiger charge is 2.12. The molecule has 0 aliphatic heterocycles. The van der Waals surface area contributed by atoms with Crippen molar-refractivity contribution in [3.63, 3.8) is 0 Å². The molecule has 0 heterocycles. The summed E-state index contributed by atoms with van der Waals surface area (Å²) in [5, 5.41) is 0. The van der Waals surface area contributed by atoms with Crippen LogP contribution in [0.3, 0.4) is 0 Å². The van der Waals surface area contributed by atoms with Crippen LogP contribution in [0.5, 0.6) is 0 Å². The van der Waals surface area contributed by atoms with Gasteiger partial charge in [0.05, 0.1) is 0 Å².